The third-order valence-corrected chi connectivity index (χ3v) is 5.59. The largest absolute Gasteiger partial charge is 0.444 e. The summed E-state index contributed by atoms with van der Waals surface area (Å²) in [5.41, 5.74) is -3.30. The molecule has 1 fully saturated rings. The van der Waals surface area contributed by atoms with Crippen LogP contribution in [0.1, 0.15) is 64.4 Å². The van der Waals surface area contributed by atoms with Crippen LogP contribution in [-0.4, -0.2) is 64.5 Å². The zero-order valence-corrected chi connectivity index (χ0v) is 21.0. The zero-order valence-electron chi connectivity index (χ0n) is 21.0. The number of carbonyl (C=O) groups excluding carboxylic acids is 3. The first-order valence-electron chi connectivity index (χ1n) is 11.3. The molecule has 0 unspecified atom stereocenters. The van der Waals surface area contributed by atoms with Gasteiger partial charge in [0.15, 0.2) is 0 Å². The van der Waals surface area contributed by atoms with Crippen molar-refractivity contribution in [1.82, 2.24) is 15.1 Å². The molecule has 7 nitrogen and oxygen atoms in total. The molecule has 196 valence electrons. The molecule has 35 heavy (non-hydrogen) atoms. The maximum atomic E-state index is 14.0. The minimum atomic E-state index is -4.86. The SMILES string of the molecule is CC(C)[C@H](NC(=O)OC(C)(C)C)C(=O)N1CCN(C(=O)c2ccc(C(F)(F)F)c(F)c2)C(C)(C)C1. The van der Waals surface area contributed by atoms with Crippen molar-refractivity contribution in [2.45, 2.75) is 71.8 Å². The quantitative estimate of drug-likeness (QED) is 0.616. The van der Waals surface area contributed by atoms with Crippen LogP contribution in [0.3, 0.4) is 0 Å². The number of rotatable bonds is 4. The Hall–Kier alpha value is -2.85. The van der Waals surface area contributed by atoms with E-state index in [1.165, 1.54) is 9.80 Å². The van der Waals surface area contributed by atoms with Gasteiger partial charge in [-0.05, 0) is 58.7 Å². The van der Waals surface area contributed by atoms with E-state index in [9.17, 15) is 31.9 Å². The number of benzene rings is 1. The first-order chi connectivity index (χ1) is 15.8. The lowest BCUT2D eigenvalue weighted by Gasteiger charge is -2.48. The number of hydrogen-bond donors (Lipinski definition) is 1. The highest BCUT2D eigenvalue weighted by Gasteiger charge is 2.42. The highest BCUT2D eigenvalue weighted by molar-refractivity contribution is 5.95. The molecule has 0 aromatic heterocycles. The summed E-state index contributed by atoms with van der Waals surface area (Å²) in [6, 6.07) is 1.22. The molecular weight excluding hydrogens is 470 g/mol. The molecule has 0 bridgehead atoms. The second-order valence-corrected chi connectivity index (χ2v) is 10.6. The first kappa shape index (κ1) is 28.4. The van der Waals surface area contributed by atoms with Gasteiger partial charge in [-0.2, -0.15) is 13.2 Å². The van der Waals surface area contributed by atoms with Gasteiger partial charge in [-0.25, -0.2) is 9.18 Å². The van der Waals surface area contributed by atoms with Gasteiger partial charge in [0.05, 0.1) is 11.1 Å². The molecule has 1 aromatic rings. The normalized spacial score (nSPS) is 17.3. The Balaban J connectivity index is 2.16. The van der Waals surface area contributed by atoms with E-state index in [1.54, 1.807) is 48.5 Å². The first-order valence-corrected chi connectivity index (χ1v) is 11.3. The maximum Gasteiger partial charge on any atom is 0.419 e. The molecule has 1 saturated heterocycles. The summed E-state index contributed by atoms with van der Waals surface area (Å²) in [7, 11) is 0. The van der Waals surface area contributed by atoms with Crippen LogP contribution in [0, 0.1) is 11.7 Å². The van der Waals surface area contributed by atoms with Crippen LogP contribution in [0.25, 0.3) is 0 Å². The van der Waals surface area contributed by atoms with Crippen molar-refractivity contribution in [2.75, 3.05) is 19.6 Å². The third-order valence-electron chi connectivity index (χ3n) is 5.59. The summed E-state index contributed by atoms with van der Waals surface area (Å²) in [5.74, 6) is -2.75. The second kappa shape index (κ2) is 10.0. The van der Waals surface area contributed by atoms with Crippen LogP contribution in [0.15, 0.2) is 18.2 Å². The number of piperazine rings is 1. The van der Waals surface area contributed by atoms with Crippen molar-refractivity contribution in [3.63, 3.8) is 0 Å². The lowest BCUT2D eigenvalue weighted by Crippen LogP contribution is -2.64. The molecule has 1 N–H and O–H groups in total. The van der Waals surface area contributed by atoms with E-state index in [2.05, 4.69) is 5.32 Å². The van der Waals surface area contributed by atoms with Crippen molar-refractivity contribution in [1.29, 1.82) is 0 Å². The predicted molar refractivity (Wildman–Crippen MR) is 121 cm³/mol. The van der Waals surface area contributed by atoms with Crippen molar-refractivity contribution < 1.29 is 36.7 Å². The molecule has 0 spiro atoms. The Kier molecular flexibility index (Phi) is 8.13. The van der Waals surface area contributed by atoms with E-state index < -0.39 is 46.7 Å². The number of hydrogen-bond acceptors (Lipinski definition) is 4. The van der Waals surface area contributed by atoms with Gasteiger partial charge in [0.25, 0.3) is 5.91 Å². The lowest BCUT2D eigenvalue weighted by atomic mass is 9.95. The standard InChI is InChI=1S/C24H33F4N3O4/c1-14(2)18(29-21(34)35-22(3,4)5)20(33)30-10-11-31(23(6,7)13-30)19(32)15-8-9-16(17(25)12-15)24(26,27)28/h8-9,12,14,18H,10-11,13H2,1-7H3,(H,29,34)/t18-/m0/s1. The molecule has 1 aromatic carbocycles. The van der Waals surface area contributed by atoms with Crippen molar-refractivity contribution in [2.24, 2.45) is 5.92 Å². The summed E-state index contributed by atoms with van der Waals surface area (Å²) in [6.07, 6.45) is -5.58. The van der Waals surface area contributed by atoms with Gasteiger partial charge in [0.2, 0.25) is 5.91 Å². The summed E-state index contributed by atoms with van der Waals surface area (Å²) >= 11 is 0. The van der Waals surface area contributed by atoms with Crippen LogP contribution >= 0.6 is 0 Å². The minimum absolute atomic E-state index is 0.0808. The fourth-order valence-corrected chi connectivity index (χ4v) is 3.90. The molecule has 0 saturated carbocycles. The number of halogens is 4. The summed E-state index contributed by atoms with van der Waals surface area (Å²) < 4.78 is 57.8. The van der Waals surface area contributed by atoms with Crippen molar-refractivity contribution in [3.05, 3.63) is 35.1 Å². The topological polar surface area (TPSA) is 79.0 Å². The molecule has 1 heterocycles. The van der Waals surface area contributed by atoms with Gasteiger partial charge in [-0.1, -0.05) is 13.8 Å². The smallest absolute Gasteiger partial charge is 0.419 e. The molecular formula is C24H33F4N3O4. The number of alkyl carbamates (subject to hydrolysis) is 1. The molecule has 1 aliphatic heterocycles. The van der Waals surface area contributed by atoms with E-state index >= 15 is 0 Å². The number of nitrogens with zero attached hydrogens (tertiary/aromatic N) is 2. The van der Waals surface area contributed by atoms with Crippen LogP contribution in [0.5, 0.6) is 0 Å². The summed E-state index contributed by atoms with van der Waals surface area (Å²) in [6.45, 7) is 12.4. The Morgan fingerprint density at radius 1 is 1.09 bits per heavy atom. The average Bonchev–Trinajstić information content (AvgIpc) is 2.67. The molecule has 0 radical (unpaired) electrons. The number of nitrogens with one attached hydrogen (secondary N) is 1. The number of ether oxygens (including phenoxy) is 1. The molecule has 3 amide bonds. The molecule has 11 heteroatoms. The Labute approximate surface area is 202 Å². The summed E-state index contributed by atoms with van der Waals surface area (Å²) in [4.78, 5) is 41.4. The van der Waals surface area contributed by atoms with Crippen LogP contribution < -0.4 is 5.32 Å². The fraction of sp³-hybridized carbons (Fsp3) is 0.625. The molecule has 1 aliphatic rings. The van der Waals surface area contributed by atoms with E-state index in [0.717, 1.165) is 6.07 Å². The van der Waals surface area contributed by atoms with Gasteiger partial charge in [-0.15, -0.1) is 0 Å². The van der Waals surface area contributed by atoms with Gasteiger partial charge in [-0.3, -0.25) is 9.59 Å². The number of alkyl halides is 3. The molecule has 1 atom stereocenters. The zero-order chi connectivity index (χ0) is 26.9. The molecule has 0 aliphatic carbocycles. The monoisotopic (exact) mass is 503 g/mol. The van der Waals surface area contributed by atoms with E-state index in [0.29, 0.717) is 12.1 Å². The van der Waals surface area contributed by atoms with Gasteiger partial charge < -0.3 is 19.9 Å². The fourth-order valence-electron chi connectivity index (χ4n) is 3.90. The number of carbonyl (C=O) groups is 3. The van der Waals surface area contributed by atoms with E-state index in [-0.39, 0.29) is 37.0 Å². The minimum Gasteiger partial charge on any atom is -0.444 e. The Morgan fingerprint density at radius 3 is 2.14 bits per heavy atom. The average molecular weight is 504 g/mol. The van der Waals surface area contributed by atoms with E-state index in [1.807, 2.05) is 0 Å². The predicted octanol–water partition coefficient (Wildman–Crippen LogP) is 4.46. The van der Waals surface area contributed by atoms with Gasteiger partial charge in [0.1, 0.15) is 17.5 Å². The highest BCUT2D eigenvalue weighted by Crippen LogP contribution is 2.32. The summed E-state index contributed by atoms with van der Waals surface area (Å²) in [5, 5.41) is 2.61. The second-order valence-electron chi connectivity index (χ2n) is 10.6. The maximum absolute atomic E-state index is 14.0. The Morgan fingerprint density at radius 2 is 1.69 bits per heavy atom. The highest BCUT2D eigenvalue weighted by atomic mass is 19.4. The third kappa shape index (κ3) is 7.08. The number of amides is 3. The van der Waals surface area contributed by atoms with Crippen LogP contribution in [0.2, 0.25) is 0 Å². The van der Waals surface area contributed by atoms with Crippen molar-refractivity contribution in [3.8, 4) is 0 Å². The Bertz CT molecular complexity index is 970. The van der Waals surface area contributed by atoms with Crippen molar-refractivity contribution >= 4 is 17.9 Å². The lowest BCUT2D eigenvalue weighted by molar-refractivity contribution is -0.140. The molecule has 2 rings (SSSR count). The van der Waals surface area contributed by atoms with Gasteiger partial charge in [0, 0.05) is 25.2 Å². The van der Waals surface area contributed by atoms with Crippen LogP contribution in [-0.2, 0) is 15.7 Å². The van der Waals surface area contributed by atoms with Crippen LogP contribution in [0.4, 0.5) is 22.4 Å². The van der Waals surface area contributed by atoms with Gasteiger partial charge >= 0.3 is 12.3 Å². The van der Waals surface area contributed by atoms with E-state index in [4.69, 9.17) is 4.74 Å².